The molecule has 0 fully saturated rings. The molecule has 1 atom stereocenters. The molecular weight excluding hydrogens is 290 g/mol. The second-order valence-electron chi connectivity index (χ2n) is 3.80. The van der Waals surface area contributed by atoms with Crippen molar-refractivity contribution in [3.8, 4) is 0 Å². The summed E-state index contributed by atoms with van der Waals surface area (Å²) in [5.41, 5.74) is 5.44. The number of hydrogen-bond donors (Lipinski definition) is 2. The van der Waals surface area contributed by atoms with E-state index in [4.69, 9.17) is 22.4 Å². The minimum Gasteiger partial charge on any atom is -0.480 e. The van der Waals surface area contributed by atoms with Crippen molar-refractivity contribution >= 4 is 50.8 Å². The van der Waals surface area contributed by atoms with Gasteiger partial charge in [-0.15, -0.1) is 11.3 Å². The van der Waals surface area contributed by atoms with Crippen molar-refractivity contribution in [3.63, 3.8) is 0 Å². The van der Waals surface area contributed by atoms with E-state index in [1.54, 1.807) is 11.3 Å². The Labute approximate surface area is 118 Å². The zero-order chi connectivity index (χ0) is 13.1. The van der Waals surface area contributed by atoms with Gasteiger partial charge < -0.3 is 10.8 Å². The number of nitrogens with two attached hydrogens (primary N) is 1. The molecule has 0 spiro atoms. The number of benzene rings is 1. The van der Waals surface area contributed by atoms with E-state index < -0.39 is 12.0 Å². The van der Waals surface area contributed by atoms with Gasteiger partial charge in [0.25, 0.3) is 0 Å². The molecule has 0 radical (unpaired) electrons. The Balaban J connectivity index is 2.04. The minimum absolute atomic E-state index is 0.389. The number of thioether (sulfide) groups is 1. The van der Waals surface area contributed by atoms with Crippen LogP contribution in [-0.4, -0.2) is 22.9 Å². The Morgan fingerprint density at radius 2 is 2.22 bits per heavy atom. The molecule has 96 valence electrons. The zero-order valence-corrected chi connectivity index (χ0v) is 11.8. The summed E-state index contributed by atoms with van der Waals surface area (Å²) in [6.45, 7) is 0. The van der Waals surface area contributed by atoms with Crippen molar-refractivity contribution in [2.75, 3.05) is 5.75 Å². The predicted molar refractivity (Wildman–Crippen MR) is 78.6 cm³/mol. The van der Waals surface area contributed by atoms with Crippen molar-refractivity contribution in [1.29, 1.82) is 0 Å². The molecule has 18 heavy (non-hydrogen) atoms. The van der Waals surface area contributed by atoms with Crippen LogP contribution in [0.5, 0.6) is 0 Å². The first kappa shape index (κ1) is 13.7. The van der Waals surface area contributed by atoms with Crippen LogP contribution in [0.2, 0.25) is 5.02 Å². The number of rotatable bonds is 5. The summed E-state index contributed by atoms with van der Waals surface area (Å²) in [4.78, 5) is 11.7. The average Bonchev–Trinajstić information content (AvgIpc) is 2.67. The smallest absolute Gasteiger partial charge is 0.321 e. The fourth-order valence-corrected chi connectivity index (χ4v) is 4.21. The van der Waals surface area contributed by atoms with E-state index in [2.05, 4.69) is 0 Å². The third-order valence-corrected chi connectivity index (χ3v) is 5.43. The van der Waals surface area contributed by atoms with E-state index >= 15 is 0 Å². The quantitative estimate of drug-likeness (QED) is 0.890. The number of thiophene rings is 1. The third kappa shape index (κ3) is 2.98. The fraction of sp³-hybridized carbons (Fsp3) is 0.250. The van der Waals surface area contributed by atoms with Crippen LogP contribution in [-0.2, 0) is 10.5 Å². The molecule has 0 saturated carbocycles. The normalized spacial score (nSPS) is 12.8. The molecule has 0 aliphatic heterocycles. The number of carboxylic acid groups (broad SMARTS) is 1. The number of hydrogen-bond acceptors (Lipinski definition) is 4. The second-order valence-corrected chi connectivity index (χ2v) is 6.34. The van der Waals surface area contributed by atoms with Gasteiger partial charge in [-0.05, 0) is 6.07 Å². The number of halogens is 1. The highest BCUT2D eigenvalue weighted by Crippen LogP contribution is 2.37. The molecule has 0 aliphatic carbocycles. The van der Waals surface area contributed by atoms with Crippen LogP contribution in [0.15, 0.2) is 24.3 Å². The summed E-state index contributed by atoms with van der Waals surface area (Å²) in [6.07, 6.45) is 0. The van der Waals surface area contributed by atoms with Crippen molar-refractivity contribution < 1.29 is 9.90 Å². The maximum atomic E-state index is 10.6. The summed E-state index contributed by atoms with van der Waals surface area (Å²) in [7, 11) is 0. The summed E-state index contributed by atoms with van der Waals surface area (Å²) in [5, 5.41) is 10.5. The van der Waals surface area contributed by atoms with Gasteiger partial charge in [0.2, 0.25) is 0 Å². The highest BCUT2D eigenvalue weighted by atomic mass is 35.5. The molecule has 0 bridgehead atoms. The lowest BCUT2D eigenvalue weighted by atomic mass is 10.2. The molecule has 2 aromatic rings. The Kier molecular flexibility index (Phi) is 4.50. The lowest BCUT2D eigenvalue weighted by Gasteiger charge is -2.04. The lowest BCUT2D eigenvalue weighted by molar-refractivity contribution is -0.137. The minimum atomic E-state index is -0.968. The molecule has 1 aromatic heterocycles. The van der Waals surface area contributed by atoms with Gasteiger partial charge in [0.1, 0.15) is 6.04 Å². The Morgan fingerprint density at radius 1 is 1.50 bits per heavy atom. The molecule has 1 heterocycles. The summed E-state index contributed by atoms with van der Waals surface area (Å²) < 4.78 is 1.15. The lowest BCUT2D eigenvalue weighted by Crippen LogP contribution is -2.32. The molecule has 0 aliphatic rings. The number of fused-ring (bicyclic) bond motifs is 1. The van der Waals surface area contributed by atoms with Crippen LogP contribution in [0.4, 0.5) is 0 Å². The molecule has 0 unspecified atom stereocenters. The highest BCUT2D eigenvalue weighted by Gasteiger charge is 2.13. The fourth-order valence-electron chi connectivity index (χ4n) is 1.51. The van der Waals surface area contributed by atoms with E-state index in [1.807, 2.05) is 24.3 Å². The maximum absolute atomic E-state index is 10.6. The molecule has 0 amide bonds. The predicted octanol–water partition coefficient (Wildman–Crippen LogP) is 3.20. The standard InChI is InChI=1S/C12H12ClNO2S2/c13-11-7-3-1-2-4-9(7)18-10(11)6-17-5-8(14)12(15)16/h1-4,8H,5-6,14H2,(H,15,16)/t8-/m1/s1. The van der Waals surface area contributed by atoms with Crippen LogP contribution in [0.3, 0.4) is 0 Å². The average molecular weight is 302 g/mol. The van der Waals surface area contributed by atoms with Gasteiger partial charge in [0.15, 0.2) is 0 Å². The van der Waals surface area contributed by atoms with Crippen LogP contribution in [0.25, 0.3) is 10.1 Å². The van der Waals surface area contributed by atoms with E-state index in [0.29, 0.717) is 11.5 Å². The van der Waals surface area contributed by atoms with Crippen molar-refractivity contribution in [2.24, 2.45) is 5.73 Å². The largest absolute Gasteiger partial charge is 0.480 e. The van der Waals surface area contributed by atoms with Crippen LogP contribution >= 0.6 is 34.7 Å². The summed E-state index contributed by atoms with van der Waals surface area (Å²) >= 11 is 9.42. The first-order valence-electron chi connectivity index (χ1n) is 5.31. The summed E-state index contributed by atoms with van der Waals surface area (Å²) in [5.74, 6) is 0.115. The monoisotopic (exact) mass is 301 g/mol. The third-order valence-electron chi connectivity index (χ3n) is 2.45. The number of aliphatic carboxylic acids is 1. The van der Waals surface area contributed by atoms with Gasteiger partial charge >= 0.3 is 5.97 Å². The first-order chi connectivity index (χ1) is 8.59. The summed E-state index contributed by atoms with van der Waals surface area (Å²) in [6, 6.07) is 7.14. The Bertz CT molecular complexity index is 570. The highest BCUT2D eigenvalue weighted by molar-refractivity contribution is 7.98. The van der Waals surface area contributed by atoms with Crippen LogP contribution in [0, 0.1) is 0 Å². The Morgan fingerprint density at radius 3 is 2.89 bits per heavy atom. The van der Waals surface area contributed by atoms with Crippen molar-refractivity contribution in [2.45, 2.75) is 11.8 Å². The topological polar surface area (TPSA) is 63.3 Å². The molecule has 2 rings (SSSR count). The molecule has 3 N–H and O–H groups in total. The molecule has 1 aromatic carbocycles. The van der Waals surface area contributed by atoms with Crippen LogP contribution in [0.1, 0.15) is 4.88 Å². The van der Waals surface area contributed by atoms with E-state index in [0.717, 1.165) is 20.0 Å². The Hall–Kier alpha value is -0.750. The number of carboxylic acids is 1. The van der Waals surface area contributed by atoms with Crippen LogP contribution < -0.4 is 5.73 Å². The molecule has 3 nitrogen and oxygen atoms in total. The van der Waals surface area contributed by atoms with E-state index in [-0.39, 0.29) is 0 Å². The van der Waals surface area contributed by atoms with Gasteiger partial charge in [-0.1, -0.05) is 29.8 Å². The van der Waals surface area contributed by atoms with Crippen molar-refractivity contribution in [1.82, 2.24) is 0 Å². The molecule has 0 saturated heterocycles. The molecule has 6 heteroatoms. The van der Waals surface area contributed by atoms with Gasteiger partial charge in [-0.2, -0.15) is 11.8 Å². The van der Waals surface area contributed by atoms with E-state index in [9.17, 15) is 4.79 Å². The van der Waals surface area contributed by atoms with Gasteiger partial charge in [-0.3, -0.25) is 4.79 Å². The SMILES string of the molecule is N[C@H](CSCc1sc2ccccc2c1Cl)C(=O)O. The molecular formula is C12H12ClNO2S2. The first-order valence-corrected chi connectivity index (χ1v) is 7.66. The van der Waals surface area contributed by atoms with Gasteiger partial charge in [0, 0.05) is 26.5 Å². The van der Waals surface area contributed by atoms with E-state index in [1.165, 1.54) is 11.8 Å². The number of carbonyl (C=O) groups is 1. The van der Waals surface area contributed by atoms with Gasteiger partial charge in [-0.25, -0.2) is 0 Å². The second kappa shape index (κ2) is 5.93. The van der Waals surface area contributed by atoms with Gasteiger partial charge in [0.05, 0.1) is 5.02 Å². The van der Waals surface area contributed by atoms with Crippen molar-refractivity contribution in [3.05, 3.63) is 34.2 Å². The maximum Gasteiger partial charge on any atom is 0.321 e. The zero-order valence-electron chi connectivity index (χ0n) is 9.43.